The number of nitrogens with one attached hydrogen (secondary N) is 1. The number of fused-ring (bicyclic) bond motifs is 1. The molecule has 0 unspecified atom stereocenters. The molecule has 5 nitrogen and oxygen atoms in total. The molecule has 3 aromatic carbocycles. The Kier molecular flexibility index (Phi) is 4.41. The van der Waals surface area contributed by atoms with Crippen molar-refractivity contribution in [2.24, 2.45) is 0 Å². The van der Waals surface area contributed by atoms with Crippen LogP contribution in [-0.2, 0) is 4.79 Å². The molecule has 0 bridgehead atoms. The van der Waals surface area contributed by atoms with Crippen molar-refractivity contribution in [1.29, 1.82) is 0 Å². The van der Waals surface area contributed by atoms with E-state index in [1.54, 1.807) is 4.68 Å². The van der Waals surface area contributed by atoms with Gasteiger partial charge >= 0.3 is 0 Å². The van der Waals surface area contributed by atoms with Crippen LogP contribution in [0, 0.1) is 6.92 Å². The van der Waals surface area contributed by atoms with Crippen molar-refractivity contribution in [3.8, 4) is 17.3 Å². The number of benzene rings is 3. The summed E-state index contributed by atoms with van der Waals surface area (Å²) >= 11 is 0. The van der Waals surface area contributed by atoms with Crippen LogP contribution in [-0.4, -0.2) is 15.7 Å². The Bertz CT molecular complexity index is 1260. The number of aryl methyl sites for hydroxylation is 1. The van der Waals surface area contributed by atoms with Crippen molar-refractivity contribution >= 4 is 23.2 Å². The van der Waals surface area contributed by atoms with Crippen molar-refractivity contribution < 1.29 is 9.53 Å². The molecule has 146 valence electrons. The van der Waals surface area contributed by atoms with Gasteiger partial charge < -0.3 is 10.1 Å². The quantitative estimate of drug-likeness (QED) is 0.468. The van der Waals surface area contributed by atoms with Crippen LogP contribution in [0.3, 0.4) is 0 Å². The van der Waals surface area contributed by atoms with Crippen LogP contribution >= 0.6 is 0 Å². The molecule has 0 saturated heterocycles. The molecule has 0 spiro atoms. The van der Waals surface area contributed by atoms with Gasteiger partial charge in [-0.2, -0.15) is 9.78 Å². The van der Waals surface area contributed by atoms with Gasteiger partial charge in [0.15, 0.2) is 0 Å². The van der Waals surface area contributed by atoms with Crippen LogP contribution in [0.15, 0.2) is 84.9 Å². The van der Waals surface area contributed by atoms with E-state index in [0.717, 1.165) is 28.2 Å². The van der Waals surface area contributed by atoms with Gasteiger partial charge in [-0.3, -0.25) is 4.79 Å². The fraction of sp³-hybridized carbons (Fsp3) is 0.0400. The first-order valence-electron chi connectivity index (χ1n) is 9.71. The summed E-state index contributed by atoms with van der Waals surface area (Å²) in [7, 11) is 0. The minimum absolute atomic E-state index is 0.131. The number of hydrogen-bond acceptors (Lipinski definition) is 3. The molecule has 30 heavy (non-hydrogen) atoms. The standard InChI is InChI=1S/C25H19N3O2/c1-17-21(16-22-20-14-8-9-15-23(20)26-24(22)29)25(30-19-12-6-3-7-13-19)28(27-17)18-10-4-2-5-11-18/h2-16H,1H3,(H,26,29)/b22-16-. The van der Waals surface area contributed by atoms with Gasteiger partial charge in [-0.1, -0.05) is 54.6 Å². The molecule has 0 saturated carbocycles. The summed E-state index contributed by atoms with van der Waals surface area (Å²) < 4.78 is 8.04. The highest BCUT2D eigenvalue weighted by Crippen LogP contribution is 2.37. The average Bonchev–Trinajstić information content (AvgIpc) is 3.26. The lowest BCUT2D eigenvalue weighted by Gasteiger charge is -2.10. The molecule has 1 aliphatic heterocycles. The van der Waals surface area contributed by atoms with Crippen molar-refractivity contribution in [3.05, 3.63) is 102 Å². The number of ether oxygens (including phenoxy) is 1. The van der Waals surface area contributed by atoms with Crippen LogP contribution in [0.4, 0.5) is 5.69 Å². The number of anilines is 1. The Labute approximate surface area is 174 Å². The van der Waals surface area contributed by atoms with E-state index in [1.165, 1.54) is 0 Å². The number of para-hydroxylation sites is 3. The largest absolute Gasteiger partial charge is 0.438 e. The summed E-state index contributed by atoms with van der Waals surface area (Å²) in [5.74, 6) is 1.13. The highest BCUT2D eigenvalue weighted by atomic mass is 16.5. The van der Waals surface area contributed by atoms with E-state index in [9.17, 15) is 4.79 Å². The summed E-state index contributed by atoms with van der Waals surface area (Å²) in [6.45, 7) is 1.92. The number of rotatable bonds is 4. The first-order valence-corrected chi connectivity index (χ1v) is 9.71. The number of amides is 1. The molecule has 0 radical (unpaired) electrons. The van der Waals surface area contributed by atoms with Gasteiger partial charge in [0, 0.05) is 16.8 Å². The Morgan fingerprint density at radius 2 is 1.57 bits per heavy atom. The van der Waals surface area contributed by atoms with Crippen molar-refractivity contribution in [2.75, 3.05) is 5.32 Å². The Morgan fingerprint density at radius 3 is 2.33 bits per heavy atom. The van der Waals surface area contributed by atoms with E-state index in [1.807, 2.05) is 97.9 Å². The maximum atomic E-state index is 12.6. The lowest BCUT2D eigenvalue weighted by molar-refractivity contribution is -0.110. The van der Waals surface area contributed by atoms with Gasteiger partial charge in [0.05, 0.1) is 16.9 Å². The summed E-state index contributed by atoms with van der Waals surface area (Å²) in [5, 5.41) is 7.64. The molecule has 1 aliphatic rings. The fourth-order valence-corrected chi connectivity index (χ4v) is 3.55. The number of carbonyl (C=O) groups is 1. The van der Waals surface area contributed by atoms with Gasteiger partial charge in [0.25, 0.3) is 5.91 Å². The molecule has 5 heteroatoms. The number of carbonyl (C=O) groups excluding carboxylic acids is 1. The van der Waals surface area contributed by atoms with Crippen molar-refractivity contribution in [3.63, 3.8) is 0 Å². The summed E-state index contributed by atoms with van der Waals surface area (Å²) in [6.07, 6.45) is 1.86. The highest BCUT2D eigenvalue weighted by molar-refractivity contribution is 6.35. The summed E-state index contributed by atoms with van der Waals surface area (Å²) in [4.78, 5) is 12.6. The lowest BCUT2D eigenvalue weighted by Crippen LogP contribution is -2.04. The minimum atomic E-state index is -0.131. The van der Waals surface area contributed by atoms with Gasteiger partial charge in [-0.05, 0) is 43.3 Å². The van der Waals surface area contributed by atoms with E-state index in [-0.39, 0.29) is 5.91 Å². The molecular weight excluding hydrogens is 374 g/mol. The zero-order chi connectivity index (χ0) is 20.5. The Balaban J connectivity index is 1.69. The third kappa shape index (κ3) is 3.16. The zero-order valence-electron chi connectivity index (χ0n) is 16.4. The zero-order valence-corrected chi connectivity index (χ0v) is 16.4. The second kappa shape index (κ2) is 7.37. The Morgan fingerprint density at radius 1 is 0.900 bits per heavy atom. The highest BCUT2D eigenvalue weighted by Gasteiger charge is 2.26. The average molecular weight is 393 g/mol. The van der Waals surface area contributed by atoms with Gasteiger partial charge in [0.2, 0.25) is 5.88 Å². The fourth-order valence-electron chi connectivity index (χ4n) is 3.55. The molecule has 2 heterocycles. The van der Waals surface area contributed by atoms with E-state index in [4.69, 9.17) is 9.84 Å². The molecule has 1 N–H and O–H groups in total. The topological polar surface area (TPSA) is 56.2 Å². The van der Waals surface area contributed by atoms with Crippen molar-refractivity contribution in [2.45, 2.75) is 6.92 Å². The van der Waals surface area contributed by atoms with Crippen LogP contribution < -0.4 is 10.1 Å². The van der Waals surface area contributed by atoms with Crippen LogP contribution in [0.5, 0.6) is 11.6 Å². The van der Waals surface area contributed by atoms with Gasteiger partial charge in [-0.15, -0.1) is 0 Å². The third-order valence-corrected chi connectivity index (χ3v) is 5.02. The van der Waals surface area contributed by atoms with Crippen LogP contribution in [0.1, 0.15) is 16.8 Å². The molecule has 1 aromatic heterocycles. The van der Waals surface area contributed by atoms with Gasteiger partial charge in [0.1, 0.15) is 5.75 Å². The first-order chi connectivity index (χ1) is 14.7. The number of nitrogens with zero attached hydrogens (tertiary/aromatic N) is 2. The maximum absolute atomic E-state index is 12.6. The lowest BCUT2D eigenvalue weighted by atomic mass is 10.0. The summed E-state index contributed by atoms with van der Waals surface area (Å²) in [6, 6.07) is 27.1. The monoisotopic (exact) mass is 393 g/mol. The maximum Gasteiger partial charge on any atom is 0.256 e. The number of hydrogen-bond donors (Lipinski definition) is 1. The smallest absolute Gasteiger partial charge is 0.256 e. The third-order valence-electron chi connectivity index (χ3n) is 5.02. The van der Waals surface area contributed by atoms with Crippen LogP contribution in [0.2, 0.25) is 0 Å². The molecule has 5 rings (SSSR count). The second-order valence-corrected chi connectivity index (χ2v) is 7.02. The molecule has 1 amide bonds. The summed E-state index contributed by atoms with van der Waals surface area (Å²) in [5.41, 5.74) is 4.71. The molecular formula is C25H19N3O2. The minimum Gasteiger partial charge on any atom is -0.438 e. The number of aromatic nitrogens is 2. The SMILES string of the molecule is Cc1nn(-c2ccccc2)c(Oc2ccccc2)c1/C=C1\C(=O)Nc2ccccc21. The van der Waals surface area contributed by atoms with E-state index in [0.29, 0.717) is 17.2 Å². The predicted molar refractivity (Wildman–Crippen MR) is 118 cm³/mol. The van der Waals surface area contributed by atoms with E-state index in [2.05, 4.69) is 5.32 Å². The van der Waals surface area contributed by atoms with Gasteiger partial charge in [-0.25, -0.2) is 0 Å². The second-order valence-electron chi connectivity index (χ2n) is 7.02. The van der Waals surface area contributed by atoms with Crippen molar-refractivity contribution in [1.82, 2.24) is 9.78 Å². The van der Waals surface area contributed by atoms with Crippen LogP contribution in [0.25, 0.3) is 17.3 Å². The molecule has 0 atom stereocenters. The first kappa shape index (κ1) is 17.9. The normalized spacial score (nSPS) is 13.9. The molecule has 0 aliphatic carbocycles. The predicted octanol–water partition coefficient (Wildman–Crippen LogP) is 5.47. The molecule has 4 aromatic rings. The van der Waals surface area contributed by atoms with E-state index < -0.39 is 0 Å². The Hall–Kier alpha value is -4.12. The van der Waals surface area contributed by atoms with E-state index >= 15 is 0 Å². The molecule has 0 fully saturated rings.